The van der Waals surface area contributed by atoms with Gasteiger partial charge in [-0.15, -0.1) is 0 Å². The summed E-state index contributed by atoms with van der Waals surface area (Å²) < 4.78 is 5.96. The minimum Gasteiger partial charge on any atom is -0.449 e. The predicted molar refractivity (Wildman–Crippen MR) is 57.5 cm³/mol. The third kappa shape index (κ3) is 1.90. The highest BCUT2D eigenvalue weighted by atomic mass is 79.9. The predicted octanol–water partition coefficient (Wildman–Crippen LogP) is 2.80. The van der Waals surface area contributed by atoms with Crippen molar-refractivity contribution >= 4 is 27.7 Å². The first-order valence-electron chi connectivity index (χ1n) is 4.47. The largest absolute Gasteiger partial charge is 0.449 e. The lowest BCUT2D eigenvalue weighted by atomic mass is 10.2. The SMILES string of the molecule is O=C1OCCCN1c1ccc(Br)cc1. The second-order valence-electron chi connectivity index (χ2n) is 3.10. The number of hydrogen-bond acceptors (Lipinski definition) is 2. The third-order valence-corrected chi connectivity index (χ3v) is 2.64. The van der Waals surface area contributed by atoms with Crippen LogP contribution in [0.25, 0.3) is 0 Å². The first-order chi connectivity index (χ1) is 6.77. The van der Waals surface area contributed by atoms with Crippen LogP contribution in [0, 0.1) is 0 Å². The molecule has 2 rings (SSSR count). The van der Waals surface area contributed by atoms with Crippen LogP contribution in [0.5, 0.6) is 0 Å². The Balaban J connectivity index is 2.20. The van der Waals surface area contributed by atoms with Gasteiger partial charge in [-0.2, -0.15) is 0 Å². The summed E-state index contributed by atoms with van der Waals surface area (Å²) >= 11 is 3.35. The lowest BCUT2D eigenvalue weighted by Gasteiger charge is -2.26. The van der Waals surface area contributed by atoms with Crippen LogP contribution in [0.2, 0.25) is 0 Å². The Labute approximate surface area is 90.8 Å². The fourth-order valence-electron chi connectivity index (χ4n) is 1.41. The van der Waals surface area contributed by atoms with E-state index in [-0.39, 0.29) is 6.09 Å². The van der Waals surface area contributed by atoms with Gasteiger partial charge in [0.2, 0.25) is 0 Å². The Morgan fingerprint density at radius 3 is 2.64 bits per heavy atom. The van der Waals surface area contributed by atoms with Crippen LogP contribution in [0.15, 0.2) is 28.7 Å². The molecule has 0 aromatic heterocycles. The van der Waals surface area contributed by atoms with Crippen molar-refractivity contribution < 1.29 is 9.53 Å². The Morgan fingerprint density at radius 1 is 1.29 bits per heavy atom. The van der Waals surface area contributed by atoms with Crippen LogP contribution in [-0.2, 0) is 4.74 Å². The number of nitrogens with zero attached hydrogens (tertiary/aromatic N) is 1. The summed E-state index contributed by atoms with van der Waals surface area (Å²) in [4.78, 5) is 13.0. The van der Waals surface area contributed by atoms with Crippen molar-refractivity contribution in [1.82, 2.24) is 0 Å². The zero-order valence-electron chi connectivity index (χ0n) is 7.57. The molecular formula is C10H10BrNO2. The van der Waals surface area contributed by atoms with Gasteiger partial charge in [-0.1, -0.05) is 15.9 Å². The molecule has 1 aromatic carbocycles. The Morgan fingerprint density at radius 2 is 2.00 bits per heavy atom. The zero-order chi connectivity index (χ0) is 9.97. The molecule has 0 aliphatic carbocycles. The van der Waals surface area contributed by atoms with E-state index in [4.69, 9.17) is 4.74 Å². The highest BCUT2D eigenvalue weighted by molar-refractivity contribution is 9.10. The first-order valence-corrected chi connectivity index (χ1v) is 5.26. The Bertz CT molecular complexity index is 336. The molecule has 1 fully saturated rings. The van der Waals surface area contributed by atoms with Crippen LogP contribution >= 0.6 is 15.9 Å². The van der Waals surface area contributed by atoms with Crippen molar-refractivity contribution in [3.63, 3.8) is 0 Å². The van der Waals surface area contributed by atoms with Crippen molar-refractivity contribution in [1.29, 1.82) is 0 Å². The molecule has 1 aliphatic heterocycles. The first kappa shape index (κ1) is 9.52. The summed E-state index contributed by atoms with van der Waals surface area (Å²) in [6, 6.07) is 7.63. The number of carbonyl (C=O) groups is 1. The monoisotopic (exact) mass is 255 g/mol. The molecule has 1 aliphatic rings. The maximum absolute atomic E-state index is 11.4. The molecule has 1 heterocycles. The van der Waals surface area contributed by atoms with E-state index in [0.29, 0.717) is 6.61 Å². The van der Waals surface area contributed by atoms with Gasteiger partial charge in [0.05, 0.1) is 6.61 Å². The van der Waals surface area contributed by atoms with Crippen molar-refractivity contribution in [2.75, 3.05) is 18.1 Å². The molecule has 0 bridgehead atoms. The fraction of sp³-hybridized carbons (Fsp3) is 0.300. The number of cyclic esters (lactones) is 1. The maximum Gasteiger partial charge on any atom is 0.414 e. The average Bonchev–Trinajstić information content (AvgIpc) is 2.20. The van der Waals surface area contributed by atoms with Crippen molar-refractivity contribution in [2.45, 2.75) is 6.42 Å². The molecule has 0 N–H and O–H groups in total. The number of carbonyl (C=O) groups excluding carboxylic acids is 1. The third-order valence-electron chi connectivity index (χ3n) is 2.11. The van der Waals surface area contributed by atoms with E-state index < -0.39 is 0 Å². The average molecular weight is 256 g/mol. The molecule has 14 heavy (non-hydrogen) atoms. The molecule has 74 valence electrons. The van der Waals surface area contributed by atoms with Gasteiger partial charge in [0.15, 0.2) is 0 Å². The lowest BCUT2D eigenvalue weighted by molar-refractivity contribution is 0.140. The van der Waals surface area contributed by atoms with Gasteiger partial charge >= 0.3 is 6.09 Å². The smallest absolute Gasteiger partial charge is 0.414 e. The second-order valence-corrected chi connectivity index (χ2v) is 4.01. The van der Waals surface area contributed by atoms with E-state index in [0.717, 1.165) is 23.1 Å². The summed E-state index contributed by atoms with van der Waals surface area (Å²) in [5.74, 6) is 0. The van der Waals surface area contributed by atoms with Crippen molar-refractivity contribution in [2.24, 2.45) is 0 Å². The molecule has 4 heteroatoms. The fourth-order valence-corrected chi connectivity index (χ4v) is 1.67. The van der Waals surface area contributed by atoms with Gasteiger partial charge in [0.25, 0.3) is 0 Å². The number of benzene rings is 1. The lowest BCUT2D eigenvalue weighted by Crippen LogP contribution is -2.37. The molecule has 1 saturated heterocycles. The summed E-state index contributed by atoms with van der Waals surface area (Å²) in [6.45, 7) is 1.27. The zero-order valence-corrected chi connectivity index (χ0v) is 9.16. The van der Waals surface area contributed by atoms with Gasteiger partial charge < -0.3 is 4.74 Å². The van der Waals surface area contributed by atoms with E-state index in [1.54, 1.807) is 4.90 Å². The van der Waals surface area contributed by atoms with E-state index in [9.17, 15) is 4.79 Å². The molecule has 0 spiro atoms. The molecule has 1 aromatic rings. The molecular weight excluding hydrogens is 246 g/mol. The Kier molecular flexibility index (Phi) is 2.72. The highest BCUT2D eigenvalue weighted by Crippen LogP contribution is 2.20. The van der Waals surface area contributed by atoms with Gasteiger partial charge in [0, 0.05) is 16.7 Å². The van der Waals surface area contributed by atoms with Crippen LogP contribution in [0.1, 0.15) is 6.42 Å². The molecule has 0 saturated carbocycles. The van der Waals surface area contributed by atoms with Crippen molar-refractivity contribution in [3.8, 4) is 0 Å². The van der Waals surface area contributed by atoms with Gasteiger partial charge in [-0.3, -0.25) is 4.90 Å². The molecule has 0 unspecified atom stereocenters. The number of ether oxygens (including phenoxy) is 1. The van der Waals surface area contributed by atoms with E-state index >= 15 is 0 Å². The minimum atomic E-state index is -0.251. The Hall–Kier alpha value is -1.03. The number of amides is 1. The van der Waals surface area contributed by atoms with Crippen LogP contribution < -0.4 is 4.90 Å². The number of rotatable bonds is 1. The van der Waals surface area contributed by atoms with Crippen LogP contribution in [0.4, 0.5) is 10.5 Å². The maximum atomic E-state index is 11.4. The van der Waals surface area contributed by atoms with E-state index in [1.807, 2.05) is 24.3 Å². The summed E-state index contributed by atoms with van der Waals surface area (Å²) in [5.41, 5.74) is 0.887. The molecule has 1 amide bonds. The molecule has 3 nitrogen and oxygen atoms in total. The number of anilines is 1. The number of hydrogen-bond donors (Lipinski definition) is 0. The normalized spacial score (nSPS) is 16.6. The van der Waals surface area contributed by atoms with Gasteiger partial charge in [0.1, 0.15) is 0 Å². The van der Waals surface area contributed by atoms with Crippen LogP contribution in [-0.4, -0.2) is 19.2 Å². The van der Waals surface area contributed by atoms with E-state index in [2.05, 4.69) is 15.9 Å². The standard InChI is InChI=1S/C10H10BrNO2/c11-8-2-4-9(5-3-8)12-6-1-7-14-10(12)13/h2-5H,1,6-7H2. The summed E-state index contributed by atoms with van der Waals surface area (Å²) in [7, 11) is 0. The van der Waals surface area contributed by atoms with E-state index in [1.165, 1.54) is 0 Å². The second kappa shape index (κ2) is 4.00. The van der Waals surface area contributed by atoms with Gasteiger partial charge in [-0.25, -0.2) is 4.79 Å². The topological polar surface area (TPSA) is 29.5 Å². The highest BCUT2D eigenvalue weighted by Gasteiger charge is 2.20. The summed E-state index contributed by atoms with van der Waals surface area (Å²) in [5, 5.41) is 0. The number of halogens is 1. The molecule has 0 radical (unpaired) electrons. The van der Waals surface area contributed by atoms with Gasteiger partial charge in [-0.05, 0) is 30.7 Å². The minimum absolute atomic E-state index is 0.251. The van der Waals surface area contributed by atoms with Crippen molar-refractivity contribution in [3.05, 3.63) is 28.7 Å². The molecule has 0 atom stereocenters. The van der Waals surface area contributed by atoms with Crippen LogP contribution in [0.3, 0.4) is 0 Å². The quantitative estimate of drug-likeness (QED) is 0.773. The summed E-state index contributed by atoms with van der Waals surface area (Å²) in [6.07, 6.45) is 0.639.